The molecule has 4 nitrogen and oxygen atoms in total. The summed E-state index contributed by atoms with van der Waals surface area (Å²) in [4.78, 5) is 29.5. The van der Waals surface area contributed by atoms with Crippen LogP contribution in [0.15, 0.2) is 30.3 Å². The number of rotatable bonds is 2. The molecule has 0 radical (unpaired) electrons. The van der Waals surface area contributed by atoms with Gasteiger partial charge in [0.25, 0.3) is 5.78 Å². The number of benzene rings is 1. The van der Waals surface area contributed by atoms with E-state index in [1.807, 2.05) is 0 Å². The van der Waals surface area contributed by atoms with Gasteiger partial charge in [-0.1, -0.05) is 30.3 Å². The first-order chi connectivity index (χ1) is 6.63. The fraction of sp³-hybridized carbons (Fsp3) is 0. The van der Waals surface area contributed by atoms with Crippen molar-refractivity contribution in [2.24, 2.45) is 0 Å². The maximum absolute atomic E-state index is 10.7. The third kappa shape index (κ3) is 4.37. The predicted molar refractivity (Wildman–Crippen MR) is 51.0 cm³/mol. The molecule has 1 aromatic rings. The quantitative estimate of drug-likeness (QED) is 0.349. The van der Waals surface area contributed by atoms with Gasteiger partial charge in [0.1, 0.15) is 0 Å². The first-order valence-corrected chi connectivity index (χ1v) is 3.93. The topological polar surface area (TPSA) is 71.4 Å². The summed E-state index contributed by atoms with van der Waals surface area (Å²) in [6.07, 6.45) is 0. The van der Waals surface area contributed by atoms with Gasteiger partial charge in [-0.15, -0.1) is 0 Å². The molecule has 0 fully saturated rings. The molecule has 0 aliphatic heterocycles. The number of halogens is 1. The van der Waals surface area contributed by atoms with Crippen LogP contribution in [0.4, 0.5) is 0 Å². The molecule has 0 saturated heterocycles. The summed E-state index contributed by atoms with van der Waals surface area (Å²) in [5.41, 5.74) is 0.208. The second-order valence-electron chi connectivity index (χ2n) is 2.09. The van der Waals surface area contributed by atoms with Crippen LogP contribution in [0, 0.1) is 0 Å². The van der Waals surface area contributed by atoms with Crippen LogP contribution in [0.5, 0.6) is 0 Å². The zero-order valence-electron chi connectivity index (χ0n) is 7.01. The fourth-order valence-electron chi connectivity index (χ4n) is 0.713. The first-order valence-electron chi connectivity index (χ1n) is 3.50. The van der Waals surface area contributed by atoms with E-state index < -0.39 is 11.8 Å². The Balaban J connectivity index is 0.000000500. The van der Waals surface area contributed by atoms with Gasteiger partial charge in [-0.2, -0.15) is 0 Å². The smallest absolute Gasteiger partial charge is 0.377 e. The number of ketones is 1. The van der Waals surface area contributed by atoms with Gasteiger partial charge >= 0.3 is 5.97 Å². The molecule has 0 aromatic heterocycles. The second-order valence-corrected chi connectivity index (χ2v) is 2.27. The van der Waals surface area contributed by atoms with Crippen LogP contribution in [-0.4, -0.2) is 22.6 Å². The molecule has 5 heteroatoms. The second kappa shape index (κ2) is 6.80. The first kappa shape index (κ1) is 12.3. The number of aliphatic carboxylic acids is 1. The molecule has 1 aromatic carbocycles. The molecule has 0 spiro atoms. The molecule has 1 rings (SSSR count). The molecule has 0 atom stereocenters. The standard InChI is InChI=1S/C8H6O3.CHClO/c9-7(8(10)11)6-4-2-1-3-5-6;2-1-3/h1-5H,(H,10,11);1H. The number of carboxylic acids is 1. The van der Waals surface area contributed by atoms with Crippen LogP contribution in [0.1, 0.15) is 10.4 Å². The normalized spacial score (nSPS) is 8.07. The van der Waals surface area contributed by atoms with Crippen LogP contribution in [0.3, 0.4) is 0 Å². The molecule has 0 amide bonds. The molecule has 14 heavy (non-hydrogen) atoms. The highest BCUT2D eigenvalue weighted by Gasteiger charge is 2.12. The van der Waals surface area contributed by atoms with Crippen molar-refractivity contribution in [3.63, 3.8) is 0 Å². The van der Waals surface area contributed by atoms with Crippen LogP contribution in [-0.2, 0) is 9.59 Å². The van der Waals surface area contributed by atoms with E-state index in [9.17, 15) is 9.59 Å². The SMILES string of the molecule is O=C(O)C(=O)c1ccccc1.O=CCl. The number of Topliss-reactive ketones (excluding diaryl/α,β-unsaturated/α-hetero) is 1. The lowest BCUT2D eigenvalue weighted by Crippen LogP contribution is -2.12. The van der Waals surface area contributed by atoms with Gasteiger partial charge < -0.3 is 5.11 Å². The van der Waals surface area contributed by atoms with E-state index in [0.29, 0.717) is 0 Å². The van der Waals surface area contributed by atoms with E-state index in [0.717, 1.165) is 0 Å². The average Bonchev–Trinajstić information content (AvgIpc) is 2.19. The zero-order valence-corrected chi connectivity index (χ0v) is 7.77. The van der Waals surface area contributed by atoms with Crippen LogP contribution >= 0.6 is 11.6 Å². The lowest BCUT2D eigenvalue weighted by Gasteiger charge is -1.91. The Morgan fingerprint density at radius 1 is 1.21 bits per heavy atom. The van der Waals surface area contributed by atoms with Crippen molar-refractivity contribution in [1.29, 1.82) is 0 Å². The van der Waals surface area contributed by atoms with Gasteiger partial charge in [0.2, 0.25) is 5.75 Å². The van der Waals surface area contributed by atoms with Crippen molar-refractivity contribution in [2.75, 3.05) is 0 Å². The molecule has 1 N–H and O–H groups in total. The Labute approximate surface area is 85.1 Å². The third-order valence-corrected chi connectivity index (χ3v) is 1.23. The Morgan fingerprint density at radius 3 is 2.00 bits per heavy atom. The molecule has 0 aliphatic carbocycles. The van der Waals surface area contributed by atoms with Crippen molar-refractivity contribution in [3.05, 3.63) is 35.9 Å². The highest BCUT2D eigenvalue weighted by atomic mass is 35.5. The van der Waals surface area contributed by atoms with Crippen molar-refractivity contribution in [1.82, 2.24) is 0 Å². The Hall–Kier alpha value is -1.68. The van der Waals surface area contributed by atoms with E-state index in [4.69, 9.17) is 9.90 Å². The fourth-order valence-corrected chi connectivity index (χ4v) is 0.713. The van der Waals surface area contributed by atoms with Gasteiger partial charge in [-0.25, -0.2) is 4.79 Å². The maximum Gasteiger partial charge on any atom is 0.377 e. The summed E-state index contributed by atoms with van der Waals surface area (Å²) in [5.74, 6) is -2.07. The number of hydrogen-bond donors (Lipinski definition) is 1. The van der Waals surface area contributed by atoms with Crippen LogP contribution in [0.2, 0.25) is 0 Å². The molecular weight excluding hydrogens is 208 g/mol. The zero-order chi connectivity index (χ0) is 11.0. The number of hydrogen-bond acceptors (Lipinski definition) is 3. The summed E-state index contributed by atoms with van der Waals surface area (Å²) in [5, 5.41) is 8.29. The van der Waals surface area contributed by atoms with E-state index in [-0.39, 0.29) is 11.3 Å². The summed E-state index contributed by atoms with van der Waals surface area (Å²) in [6.45, 7) is 0. The number of carbonyl (C=O) groups excluding carboxylic acids is 2. The van der Waals surface area contributed by atoms with Crippen LogP contribution < -0.4 is 0 Å². The highest BCUT2D eigenvalue weighted by molar-refractivity contribution is 6.54. The highest BCUT2D eigenvalue weighted by Crippen LogP contribution is 1.98. The molecule has 0 saturated carbocycles. The van der Waals surface area contributed by atoms with Gasteiger partial charge in [0.15, 0.2) is 0 Å². The van der Waals surface area contributed by atoms with Crippen molar-refractivity contribution >= 4 is 29.1 Å². The van der Waals surface area contributed by atoms with Crippen LogP contribution in [0.25, 0.3) is 0 Å². The summed E-state index contributed by atoms with van der Waals surface area (Å²) >= 11 is 4.32. The minimum atomic E-state index is -1.42. The van der Waals surface area contributed by atoms with E-state index in [1.165, 1.54) is 12.1 Å². The summed E-state index contributed by atoms with van der Waals surface area (Å²) in [6, 6.07) is 7.90. The lowest BCUT2D eigenvalue weighted by molar-refractivity contribution is -0.131. The monoisotopic (exact) mass is 214 g/mol. The Morgan fingerprint density at radius 2 is 1.64 bits per heavy atom. The summed E-state index contributed by atoms with van der Waals surface area (Å²) in [7, 11) is 0. The largest absolute Gasteiger partial charge is 0.475 e. The van der Waals surface area contributed by atoms with Crippen molar-refractivity contribution in [3.8, 4) is 0 Å². The van der Waals surface area contributed by atoms with Crippen molar-refractivity contribution < 1.29 is 19.5 Å². The lowest BCUT2D eigenvalue weighted by atomic mass is 10.1. The van der Waals surface area contributed by atoms with E-state index in [1.54, 1.807) is 18.2 Å². The minimum Gasteiger partial charge on any atom is -0.475 e. The maximum atomic E-state index is 10.7. The molecule has 0 bridgehead atoms. The van der Waals surface area contributed by atoms with Gasteiger partial charge in [-0.3, -0.25) is 9.59 Å². The predicted octanol–water partition coefficient (Wildman–Crippen LogP) is 1.37. The van der Waals surface area contributed by atoms with E-state index >= 15 is 0 Å². The Bertz CT molecular complexity index is 321. The number of carboxylic acid groups (broad SMARTS) is 1. The third-order valence-electron chi connectivity index (χ3n) is 1.23. The molecule has 74 valence electrons. The molecule has 0 unspecified atom stereocenters. The molecular formula is C9H7ClO4. The number of carbonyl (C=O) groups is 3. The summed E-state index contributed by atoms with van der Waals surface area (Å²) < 4.78 is 0. The molecule has 0 heterocycles. The Kier molecular flexibility index (Phi) is 5.98. The molecule has 0 aliphatic rings. The van der Waals surface area contributed by atoms with E-state index in [2.05, 4.69) is 11.6 Å². The van der Waals surface area contributed by atoms with Gasteiger partial charge in [0, 0.05) is 5.56 Å². The van der Waals surface area contributed by atoms with Gasteiger partial charge in [0.05, 0.1) is 0 Å². The minimum absolute atomic E-state index is 0.208. The van der Waals surface area contributed by atoms with Gasteiger partial charge in [-0.05, 0) is 11.6 Å². The van der Waals surface area contributed by atoms with Crippen molar-refractivity contribution in [2.45, 2.75) is 0 Å². The average molecular weight is 215 g/mol.